The van der Waals surface area contributed by atoms with E-state index in [9.17, 15) is 45.1 Å². The van der Waals surface area contributed by atoms with Gasteiger partial charge in [-0.3, -0.25) is 14.4 Å². The highest BCUT2D eigenvalue weighted by Gasteiger charge is 2.35. The van der Waals surface area contributed by atoms with Crippen molar-refractivity contribution in [1.82, 2.24) is 5.32 Å². The zero-order chi connectivity index (χ0) is 32.7. The summed E-state index contributed by atoms with van der Waals surface area (Å²) in [5.41, 5.74) is -0.874. The number of ether oxygens (including phenoxy) is 1. The molecule has 0 aliphatic heterocycles. The Morgan fingerprint density at radius 2 is 1.50 bits per heavy atom. The first-order valence-electron chi connectivity index (χ1n) is 13.2. The number of amides is 2. The predicted molar refractivity (Wildman–Crippen MR) is 145 cm³/mol. The molecule has 2 amide bonds. The lowest BCUT2D eigenvalue weighted by atomic mass is 9.78. The van der Waals surface area contributed by atoms with Gasteiger partial charge in [-0.1, -0.05) is 37.6 Å². The Morgan fingerprint density at radius 1 is 0.886 bits per heavy atom. The van der Waals surface area contributed by atoms with Gasteiger partial charge < -0.3 is 20.5 Å². The lowest BCUT2D eigenvalue weighted by molar-refractivity contribution is -0.274. The number of nitrogens with one attached hydrogen (secondary N) is 2. The van der Waals surface area contributed by atoms with E-state index in [4.69, 9.17) is 5.11 Å². The highest BCUT2D eigenvalue weighted by atomic mass is 19.4. The first-order chi connectivity index (χ1) is 20.6. The number of alkyl halides is 6. The average molecular weight is 629 g/mol. The Morgan fingerprint density at radius 3 is 2.02 bits per heavy atom. The molecule has 7 nitrogen and oxygen atoms in total. The molecule has 0 aliphatic carbocycles. The SMILES string of the molecule is CCCC(c1ccc(C(=O)NCCC(=O)O)cc1)[C@H](C(=O)Nc1ccc(C(F)(F)F)cc1F)c1ccc(OC(F)(F)F)cc1. The summed E-state index contributed by atoms with van der Waals surface area (Å²) < 4.78 is 95.7. The van der Waals surface area contributed by atoms with Crippen LogP contribution in [0.5, 0.6) is 5.75 Å². The second-order valence-electron chi connectivity index (χ2n) is 9.69. The van der Waals surface area contributed by atoms with Crippen molar-refractivity contribution in [2.45, 2.75) is 50.6 Å². The molecule has 0 aliphatic rings. The maximum Gasteiger partial charge on any atom is 0.573 e. The monoisotopic (exact) mass is 628 g/mol. The standard InChI is InChI=1S/C30H27F7N2O5/c1-2-3-22(17-4-6-19(7-5-17)27(42)38-15-14-25(40)41)26(18-8-11-21(12-9-18)44-30(35,36)37)28(43)39-24-13-10-20(16-23(24)31)29(32,33)34/h4-13,16,22,26H,2-3,14-15H2,1H3,(H,38,42)(H,39,43)(H,40,41)/t22?,26-/m1/s1. The summed E-state index contributed by atoms with van der Waals surface area (Å²) >= 11 is 0. The van der Waals surface area contributed by atoms with Crippen molar-refractivity contribution in [3.8, 4) is 5.75 Å². The zero-order valence-electron chi connectivity index (χ0n) is 23.1. The number of hydrogen-bond acceptors (Lipinski definition) is 4. The highest BCUT2D eigenvalue weighted by Crippen LogP contribution is 2.39. The molecule has 3 aromatic rings. The molecule has 3 rings (SSSR count). The van der Waals surface area contributed by atoms with Crippen molar-refractivity contribution in [2.75, 3.05) is 11.9 Å². The molecule has 3 N–H and O–H groups in total. The Labute approximate surface area is 247 Å². The van der Waals surface area contributed by atoms with Crippen LogP contribution in [0.3, 0.4) is 0 Å². The minimum Gasteiger partial charge on any atom is -0.481 e. The molecule has 14 heteroatoms. The summed E-state index contributed by atoms with van der Waals surface area (Å²) in [6.07, 6.45) is -9.23. The van der Waals surface area contributed by atoms with Gasteiger partial charge >= 0.3 is 18.5 Å². The van der Waals surface area contributed by atoms with Gasteiger partial charge in [0.25, 0.3) is 5.91 Å². The van der Waals surface area contributed by atoms with E-state index in [0.717, 1.165) is 18.2 Å². The van der Waals surface area contributed by atoms with Gasteiger partial charge in [0.1, 0.15) is 11.6 Å². The number of carbonyl (C=O) groups is 3. The molecule has 0 saturated heterocycles. The van der Waals surface area contributed by atoms with E-state index < -0.39 is 65.0 Å². The highest BCUT2D eigenvalue weighted by molar-refractivity contribution is 5.97. The van der Waals surface area contributed by atoms with Crippen molar-refractivity contribution in [1.29, 1.82) is 0 Å². The molecule has 236 valence electrons. The van der Waals surface area contributed by atoms with Gasteiger partial charge in [-0.25, -0.2) is 4.39 Å². The molecule has 0 saturated carbocycles. The Bertz CT molecular complexity index is 1460. The van der Waals surface area contributed by atoms with Crippen LogP contribution in [-0.4, -0.2) is 35.8 Å². The lowest BCUT2D eigenvalue weighted by Crippen LogP contribution is -2.28. The van der Waals surface area contributed by atoms with Crippen molar-refractivity contribution < 1.29 is 55.0 Å². The van der Waals surface area contributed by atoms with Crippen LogP contribution >= 0.6 is 0 Å². The fraction of sp³-hybridized carbons (Fsp3) is 0.300. The van der Waals surface area contributed by atoms with Crippen molar-refractivity contribution >= 4 is 23.5 Å². The summed E-state index contributed by atoms with van der Waals surface area (Å²) in [6, 6.07) is 12.0. The molecular formula is C30H27F7N2O5. The molecular weight excluding hydrogens is 601 g/mol. The molecule has 0 heterocycles. The van der Waals surface area contributed by atoms with Crippen LogP contribution in [0, 0.1) is 5.82 Å². The molecule has 3 aromatic carbocycles. The first kappa shape index (κ1) is 33.9. The van der Waals surface area contributed by atoms with Gasteiger partial charge in [0.05, 0.1) is 23.6 Å². The van der Waals surface area contributed by atoms with Gasteiger partial charge in [-0.2, -0.15) is 13.2 Å². The predicted octanol–water partition coefficient (Wildman–Crippen LogP) is 7.25. The molecule has 0 spiro atoms. The Kier molecular flexibility index (Phi) is 11.0. The third kappa shape index (κ3) is 9.44. The number of carboxylic acids is 1. The lowest BCUT2D eigenvalue weighted by Gasteiger charge is -2.28. The van der Waals surface area contributed by atoms with E-state index >= 15 is 0 Å². The minimum absolute atomic E-state index is 0.106. The molecule has 44 heavy (non-hydrogen) atoms. The van der Waals surface area contributed by atoms with Crippen LogP contribution in [0.25, 0.3) is 0 Å². The number of hydrogen-bond donors (Lipinski definition) is 3. The molecule has 0 bridgehead atoms. The first-order valence-corrected chi connectivity index (χ1v) is 13.2. The summed E-state index contributed by atoms with van der Waals surface area (Å²) in [5.74, 6) is -6.24. The number of anilines is 1. The Hall–Kier alpha value is -4.62. The van der Waals surface area contributed by atoms with E-state index in [2.05, 4.69) is 15.4 Å². The van der Waals surface area contributed by atoms with Crippen LogP contribution in [0.4, 0.5) is 36.4 Å². The van der Waals surface area contributed by atoms with Gasteiger partial charge in [-0.15, -0.1) is 13.2 Å². The molecule has 1 unspecified atom stereocenters. The third-order valence-electron chi connectivity index (χ3n) is 6.54. The van der Waals surface area contributed by atoms with Crippen molar-refractivity contribution in [3.05, 3.63) is 94.8 Å². The largest absolute Gasteiger partial charge is 0.573 e. The van der Waals surface area contributed by atoms with Crippen LogP contribution in [0.1, 0.15) is 65.1 Å². The van der Waals surface area contributed by atoms with Gasteiger partial charge in [0.15, 0.2) is 0 Å². The van der Waals surface area contributed by atoms with Gasteiger partial charge in [0.2, 0.25) is 5.91 Å². The minimum atomic E-state index is -4.97. The van der Waals surface area contributed by atoms with Crippen molar-refractivity contribution in [2.24, 2.45) is 0 Å². The zero-order valence-corrected chi connectivity index (χ0v) is 23.1. The summed E-state index contributed by atoms with van der Waals surface area (Å²) in [6.45, 7) is 1.70. The van der Waals surface area contributed by atoms with E-state index in [1.54, 1.807) is 12.1 Å². The van der Waals surface area contributed by atoms with Gasteiger partial charge in [0, 0.05) is 12.1 Å². The fourth-order valence-corrected chi connectivity index (χ4v) is 4.55. The maximum absolute atomic E-state index is 14.6. The Balaban J connectivity index is 1.98. The second-order valence-corrected chi connectivity index (χ2v) is 9.69. The number of rotatable bonds is 12. The summed E-state index contributed by atoms with van der Waals surface area (Å²) in [5, 5.41) is 13.5. The number of halogens is 7. The normalized spacial score (nSPS) is 13.1. The van der Waals surface area contributed by atoms with Crippen LogP contribution in [-0.2, 0) is 15.8 Å². The molecule has 0 fully saturated rings. The third-order valence-corrected chi connectivity index (χ3v) is 6.54. The smallest absolute Gasteiger partial charge is 0.481 e. The van der Waals surface area contributed by atoms with E-state index in [-0.39, 0.29) is 30.2 Å². The summed E-state index contributed by atoms with van der Waals surface area (Å²) in [7, 11) is 0. The van der Waals surface area contributed by atoms with E-state index in [1.807, 2.05) is 6.92 Å². The second kappa shape index (κ2) is 14.2. The maximum atomic E-state index is 14.6. The summed E-state index contributed by atoms with van der Waals surface area (Å²) in [4.78, 5) is 36.8. The number of benzene rings is 3. The van der Waals surface area contributed by atoms with E-state index in [1.165, 1.54) is 24.3 Å². The van der Waals surface area contributed by atoms with Crippen LogP contribution in [0.15, 0.2) is 66.7 Å². The van der Waals surface area contributed by atoms with E-state index in [0.29, 0.717) is 24.5 Å². The topological polar surface area (TPSA) is 105 Å². The quantitative estimate of drug-likeness (QED) is 0.183. The number of carbonyl (C=O) groups excluding carboxylic acids is 2. The number of aliphatic carboxylic acids is 1. The van der Waals surface area contributed by atoms with Crippen molar-refractivity contribution in [3.63, 3.8) is 0 Å². The van der Waals surface area contributed by atoms with Crippen LogP contribution in [0.2, 0.25) is 0 Å². The van der Waals surface area contributed by atoms with Crippen LogP contribution < -0.4 is 15.4 Å². The molecule has 2 atom stereocenters. The average Bonchev–Trinajstić information content (AvgIpc) is 2.93. The molecule has 0 radical (unpaired) electrons. The fourth-order valence-electron chi connectivity index (χ4n) is 4.55. The number of carboxylic acid groups (broad SMARTS) is 1. The molecule has 0 aromatic heterocycles. The van der Waals surface area contributed by atoms with Gasteiger partial charge in [-0.05, 0) is 65.9 Å².